The molecule has 0 bridgehead atoms. The molecule has 2 rings (SSSR count). The van der Waals surface area contributed by atoms with Crippen molar-refractivity contribution in [3.8, 4) is 0 Å². The second-order valence-corrected chi connectivity index (χ2v) is 5.89. The number of carbonyl (C=O) groups is 1. The molecular formula is C17H25FN2O2. The number of amides is 1. The van der Waals surface area contributed by atoms with E-state index in [1.807, 2.05) is 0 Å². The van der Waals surface area contributed by atoms with Crippen LogP contribution in [0.2, 0.25) is 0 Å². The smallest absolute Gasteiger partial charge is 0.223 e. The molecule has 1 heterocycles. The number of likely N-dealkylation sites (tertiary alicyclic amines) is 1. The van der Waals surface area contributed by atoms with E-state index in [9.17, 15) is 9.18 Å². The number of aliphatic hydroxyl groups is 1. The van der Waals surface area contributed by atoms with E-state index in [1.165, 1.54) is 12.1 Å². The number of aliphatic hydroxyl groups excluding tert-OH is 1. The quantitative estimate of drug-likeness (QED) is 0.757. The molecule has 1 amide bonds. The molecule has 1 fully saturated rings. The molecule has 122 valence electrons. The van der Waals surface area contributed by atoms with Gasteiger partial charge >= 0.3 is 0 Å². The molecule has 1 aromatic rings. The van der Waals surface area contributed by atoms with E-state index in [0.29, 0.717) is 6.54 Å². The Labute approximate surface area is 131 Å². The van der Waals surface area contributed by atoms with E-state index in [1.54, 1.807) is 12.1 Å². The zero-order valence-electron chi connectivity index (χ0n) is 12.9. The number of hydrogen-bond acceptors (Lipinski definition) is 3. The van der Waals surface area contributed by atoms with Gasteiger partial charge in [0.1, 0.15) is 5.82 Å². The standard InChI is InChI=1S/C17H25FN2O2/c18-16-5-3-14(4-6-16)13-19-17(22)15-7-10-20(11-8-15)9-1-2-12-21/h3-6,15,21H,1-2,7-13H2,(H,19,22). The molecule has 1 aromatic carbocycles. The van der Waals surface area contributed by atoms with Gasteiger partial charge in [0.25, 0.3) is 0 Å². The number of nitrogens with one attached hydrogen (secondary N) is 1. The molecule has 5 heteroatoms. The van der Waals surface area contributed by atoms with Crippen molar-refractivity contribution in [2.24, 2.45) is 5.92 Å². The van der Waals surface area contributed by atoms with Gasteiger partial charge in [0.15, 0.2) is 0 Å². The first kappa shape index (κ1) is 16.9. The highest BCUT2D eigenvalue weighted by Gasteiger charge is 2.24. The lowest BCUT2D eigenvalue weighted by Crippen LogP contribution is -2.40. The van der Waals surface area contributed by atoms with Crippen molar-refractivity contribution in [3.05, 3.63) is 35.6 Å². The Hall–Kier alpha value is -1.46. The van der Waals surface area contributed by atoms with Crippen LogP contribution >= 0.6 is 0 Å². The molecule has 0 aliphatic carbocycles. The van der Waals surface area contributed by atoms with E-state index < -0.39 is 0 Å². The first-order chi connectivity index (χ1) is 10.7. The van der Waals surface area contributed by atoms with Crippen molar-refractivity contribution in [2.75, 3.05) is 26.2 Å². The number of hydrogen-bond donors (Lipinski definition) is 2. The van der Waals surface area contributed by atoms with Crippen LogP contribution < -0.4 is 5.32 Å². The van der Waals surface area contributed by atoms with Gasteiger partial charge in [-0.15, -0.1) is 0 Å². The van der Waals surface area contributed by atoms with E-state index in [4.69, 9.17) is 5.11 Å². The summed E-state index contributed by atoms with van der Waals surface area (Å²) in [6.07, 6.45) is 3.62. The Bertz CT molecular complexity index is 456. The van der Waals surface area contributed by atoms with Crippen LogP contribution in [0.5, 0.6) is 0 Å². The largest absolute Gasteiger partial charge is 0.396 e. The van der Waals surface area contributed by atoms with Gasteiger partial charge in [-0.3, -0.25) is 4.79 Å². The summed E-state index contributed by atoms with van der Waals surface area (Å²) in [5.41, 5.74) is 0.913. The normalized spacial score (nSPS) is 16.6. The summed E-state index contributed by atoms with van der Waals surface area (Å²) in [4.78, 5) is 14.5. The minimum Gasteiger partial charge on any atom is -0.396 e. The summed E-state index contributed by atoms with van der Waals surface area (Å²) in [5, 5.41) is 11.7. The van der Waals surface area contributed by atoms with E-state index in [2.05, 4.69) is 10.2 Å². The zero-order chi connectivity index (χ0) is 15.8. The van der Waals surface area contributed by atoms with Crippen LogP contribution in [0.4, 0.5) is 4.39 Å². The molecule has 0 aromatic heterocycles. The summed E-state index contributed by atoms with van der Waals surface area (Å²) < 4.78 is 12.8. The Morgan fingerprint density at radius 1 is 1.23 bits per heavy atom. The van der Waals surface area contributed by atoms with Crippen LogP contribution in [0, 0.1) is 11.7 Å². The second-order valence-electron chi connectivity index (χ2n) is 5.89. The van der Waals surface area contributed by atoms with Crippen LogP contribution in [0.15, 0.2) is 24.3 Å². The third kappa shape index (κ3) is 5.39. The van der Waals surface area contributed by atoms with Gasteiger partial charge in [-0.25, -0.2) is 4.39 Å². The Kier molecular flexibility index (Phi) is 6.80. The Morgan fingerprint density at radius 2 is 1.91 bits per heavy atom. The minimum atomic E-state index is -0.261. The summed E-state index contributed by atoms with van der Waals surface area (Å²) in [5.74, 6) is -0.0856. The maximum Gasteiger partial charge on any atom is 0.223 e. The van der Waals surface area contributed by atoms with Gasteiger partial charge in [0.2, 0.25) is 5.91 Å². The zero-order valence-corrected chi connectivity index (χ0v) is 12.9. The van der Waals surface area contributed by atoms with Crippen molar-refractivity contribution in [1.82, 2.24) is 10.2 Å². The molecule has 0 unspecified atom stereocenters. The average molecular weight is 308 g/mol. The van der Waals surface area contributed by atoms with E-state index in [0.717, 1.165) is 50.9 Å². The molecule has 0 saturated carbocycles. The lowest BCUT2D eigenvalue weighted by Gasteiger charge is -2.31. The fourth-order valence-corrected chi connectivity index (χ4v) is 2.80. The van der Waals surface area contributed by atoms with Gasteiger partial charge in [0, 0.05) is 19.1 Å². The van der Waals surface area contributed by atoms with Crippen molar-refractivity contribution in [3.63, 3.8) is 0 Å². The molecule has 0 radical (unpaired) electrons. The molecular weight excluding hydrogens is 283 g/mol. The summed E-state index contributed by atoms with van der Waals surface area (Å²) in [6.45, 7) is 3.60. The highest BCUT2D eigenvalue weighted by Crippen LogP contribution is 2.18. The number of carbonyl (C=O) groups excluding carboxylic acids is 1. The maximum absolute atomic E-state index is 12.8. The first-order valence-electron chi connectivity index (χ1n) is 8.04. The topological polar surface area (TPSA) is 52.6 Å². The predicted octanol–water partition coefficient (Wildman–Crippen LogP) is 1.93. The number of unbranched alkanes of at least 4 members (excludes halogenated alkanes) is 1. The van der Waals surface area contributed by atoms with E-state index >= 15 is 0 Å². The van der Waals surface area contributed by atoms with Crippen LogP contribution in [0.25, 0.3) is 0 Å². The van der Waals surface area contributed by atoms with Crippen LogP contribution in [-0.2, 0) is 11.3 Å². The van der Waals surface area contributed by atoms with Crippen molar-refractivity contribution in [1.29, 1.82) is 0 Å². The summed E-state index contributed by atoms with van der Waals surface area (Å²) in [7, 11) is 0. The van der Waals surface area contributed by atoms with Gasteiger partial charge in [-0.1, -0.05) is 12.1 Å². The molecule has 22 heavy (non-hydrogen) atoms. The van der Waals surface area contributed by atoms with Gasteiger partial charge in [0.05, 0.1) is 0 Å². The molecule has 0 atom stereocenters. The van der Waals surface area contributed by atoms with Gasteiger partial charge in [-0.05, 0) is 63.0 Å². The fraction of sp³-hybridized carbons (Fsp3) is 0.588. The lowest BCUT2D eigenvalue weighted by atomic mass is 9.95. The van der Waals surface area contributed by atoms with Crippen molar-refractivity contribution < 1.29 is 14.3 Å². The third-order valence-electron chi connectivity index (χ3n) is 4.22. The third-order valence-corrected chi connectivity index (χ3v) is 4.22. The number of nitrogens with zero attached hydrogens (tertiary/aromatic N) is 1. The first-order valence-corrected chi connectivity index (χ1v) is 8.04. The molecule has 2 N–H and O–H groups in total. The molecule has 1 aliphatic heterocycles. The maximum atomic E-state index is 12.8. The van der Waals surface area contributed by atoms with Crippen LogP contribution in [-0.4, -0.2) is 42.2 Å². The SMILES string of the molecule is O=C(NCc1ccc(F)cc1)C1CCN(CCCCO)CC1. The molecule has 4 nitrogen and oxygen atoms in total. The van der Waals surface area contributed by atoms with Gasteiger partial charge < -0.3 is 15.3 Å². The highest BCUT2D eigenvalue weighted by molar-refractivity contribution is 5.78. The minimum absolute atomic E-state index is 0.0783. The summed E-state index contributed by atoms with van der Waals surface area (Å²) >= 11 is 0. The Balaban J connectivity index is 1.67. The van der Waals surface area contributed by atoms with Crippen molar-refractivity contribution in [2.45, 2.75) is 32.2 Å². The molecule has 1 aliphatic rings. The monoisotopic (exact) mass is 308 g/mol. The fourth-order valence-electron chi connectivity index (χ4n) is 2.80. The second kappa shape index (κ2) is 8.86. The predicted molar refractivity (Wildman–Crippen MR) is 83.7 cm³/mol. The molecule has 0 spiro atoms. The number of piperidine rings is 1. The van der Waals surface area contributed by atoms with Crippen LogP contribution in [0.3, 0.4) is 0 Å². The van der Waals surface area contributed by atoms with Crippen LogP contribution in [0.1, 0.15) is 31.2 Å². The van der Waals surface area contributed by atoms with E-state index in [-0.39, 0.29) is 24.2 Å². The Morgan fingerprint density at radius 3 is 2.55 bits per heavy atom. The highest BCUT2D eigenvalue weighted by atomic mass is 19.1. The lowest BCUT2D eigenvalue weighted by molar-refractivity contribution is -0.126. The number of benzene rings is 1. The average Bonchev–Trinajstić information content (AvgIpc) is 2.55. The number of rotatable bonds is 7. The van der Waals surface area contributed by atoms with Crippen molar-refractivity contribution >= 4 is 5.91 Å². The molecule has 1 saturated heterocycles. The number of halogens is 1. The summed E-state index contributed by atoms with van der Waals surface area (Å²) in [6, 6.07) is 6.21. The van der Waals surface area contributed by atoms with Gasteiger partial charge in [-0.2, -0.15) is 0 Å².